The van der Waals surface area contributed by atoms with Crippen LogP contribution < -0.4 is 10.7 Å². The maximum absolute atomic E-state index is 4.43. The van der Waals surface area contributed by atoms with Crippen molar-refractivity contribution in [2.75, 3.05) is 10.7 Å². The van der Waals surface area contributed by atoms with Crippen molar-refractivity contribution in [2.24, 2.45) is 5.10 Å². The Morgan fingerprint density at radius 2 is 1.67 bits per heavy atom. The van der Waals surface area contributed by atoms with E-state index in [-0.39, 0.29) is 0 Å². The van der Waals surface area contributed by atoms with Crippen LogP contribution >= 0.6 is 0 Å². The smallest absolute Gasteiger partial charge is 0.225 e. The number of benzene rings is 2. The minimum atomic E-state index is 0.580. The molecule has 1 heterocycles. The van der Waals surface area contributed by atoms with Crippen molar-refractivity contribution in [1.29, 1.82) is 0 Å². The van der Waals surface area contributed by atoms with Gasteiger partial charge in [-0.2, -0.15) is 10.1 Å². The van der Waals surface area contributed by atoms with E-state index < -0.39 is 0 Å². The van der Waals surface area contributed by atoms with Gasteiger partial charge in [0.2, 0.25) is 5.95 Å². The lowest BCUT2D eigenvalue weighted by Crippen LogP contribution is -2.06. The Bertz CT molecular complexity index is 801. The molecule has 0 unspecified atom stereocenters. The first-order valence-electron chi connectivity index (χ1n) is 7.77. The number of anilines is 2. The minimum absolute atomic E-state index is 0.580. The second-order valence-electron chi connectivity index (χ2n) is 5.34. The van der Waals surface area contributed by atoms with Crippen molar-refractivity contribution in [3.63, 3.8) is 0 Å². The van der Waals surface area contributed by atoms with Crippen LogP contribution in [0.25, 0.3) is 0 Å². The predicted molar refractivity (Wildman–Crippen MR) is 98.2 cm³/mol. The summed E-state index contributed by atoms with van der Waals surface area (Å²) in [7, 11) is 0. The number of hydrogen-bond donors (Lipinski definition) is 2. The van der Waals surface area contributed by atoms with E-state index in [0.29, 0.717) is 18.3 Å². The molecule has 2 aromatic carbocycles. The fourth-order valence-electron chi connectivity index (χ4n) is 2.19. The summed E-state index contributed by atoms with van der Waals surface area (Å²) in [5.41, 5.74) is 6.03. The van der Waals surface area contributed by atoms with Crippen LogP contribution in [0.2, 0.25) is 0 Å². The zero-order valence-electron chi connectivity index (χ0n) is 13.5. The normalized spacial score (nSPS) is 10.7. The van der Waals surface area contributed by atoms with Gasteiger partial charge in [0.25, 0.3) is 0 Å². The molecule has 3 rings (SSSR count). The summed E-state index contributed by atoms with van der Waals surface area (Å²) in [4.78, 5) is 8.83. The standard InChI is InChI=1S/C19H19N5/c1-15-12-18(24-21-14-17-10-6-3-7-11-17)23-19(22-15)20-13-16-8-4-2-5-9-16/h2-12,14H,13H2,1H3,(H2,20,22,23,24). The van der Waals surface area contributed by atoms with Crippen molar-refractivity contribution in [3.05, 3.63) is 83.6 Å². The number of hydrogen-bond acceptors (Lipinski definition) is 5. The molecule has 0 atom stereocenters. The highest BCUT2D eigenvalue weighted by Gasteiger charge is 2.01. The number of hydrazone groups is 1. The first-order valence-corrected chi connectivity index (χ1v) is 7.77. The third-order valence-corrected chi connectivity index (χ3v) is 3.34. The molecule has 0 radical (unpaired) electrons. The average molecular weight is 317 g/mol. The Kier molecular flexibility index (Phi) is 5.14. The van der Waals surface area contributed by atoms with Gasteiger partial charge in [0.1, 0.15) is 0 Å². The minimum Gasteiger partial charge on any atom is -0.350 e. The first-order chi connectivity index (χ1) is 11.8. The highest BCUT2D eigenvalue weighted by Crippen LogP contribution is 2.11. The third kappa shape index (κ3) is 4.64. The SMILES string of the molecule is Cc1cc(NN=Cc2ccccc2)nc(NCc2ccccc2)n1. The average Bonchev–Trinajstić information content (AvgIpc) is 2.61. The van der Waals surface area contributed by atoms with E-state index >= 15 is 0 Å². The number of aromatic nitrogens is 2. The third-order valence-electron chi connectivity index (χ3n) is 3.34. The van der Waals surface area contributed by atoms with Crippen LogP contribution in [0.1, 0.15) is 16.8 Å². The van der Waals surface area contributed by atoms with Crippen molar-refractivity contribution < 1.29 is 0 Å². The van der Waals surface area contributed by atoms with Crippen molar-refractivity contribution in [3.8, 4) is 0 Å². The van der Waals surface area contributed by atoms with Crippen LogP contribution in [-0.4, -0.2) is 16.2 Å². The molecule has 0 spiro atoms. The summed E-state index contributed by atoms with van der Waals surface area (Å²) in [5.74, 6) is 1.24. The molecule has 0 aliphatic heterocycles. The lowest BCUT2D eigenvalue weighted by molar-refractivity contribution is 1.02. The summed E-state index contributed by atoms with van der Waals surface area (Å²) in [6.45, 7) is 2.61. The topological polar surface area (TPSA) is 62.2 Å². The molecular formula is C19H19N5. The lowest BCUT2D eigenvalue weighted by Gasteiger charge is -2.08. The van der Waals surface area contributed by atoms with E-state index in [1.807, 2.05) is 61.5 Å². The highest BCUT2D eigenvalue weighted by atomic mass is 15.3. The molecule has 0 aliphatic rings. The van der Waals surface area contributed by atoms with Gasteiger partial charge in [-0.05, 0) is 18.1 Å². The van der Waals surface area contributed by atoms with E-state index in [9.17, 15) is 0 Å². The highest BCUT2D eigenvalue weighted by molar-refractivity contribution is 5.79. The van der Waals surface area contributed by atoms with Gasteiger partial charge in [0, 0.05) is 18.3 Å². The van der Waals surface area contributed by atoms with Crippen LogP contribution in [-0.2, 0) is 6.54 Å². The zero-order chi connectivity index (χ0) is 16.6. The fourth-order valence-corrected chi connectivity index (χ4v) is 2.19. The largest absolute Gasteiger partial charge is 0.350 e. The Labute approximate surface area is 141 Å². The van der Waals surface area contributed by atoms with E-state index in [4.69, 9.17) is 0 Å². The number of nitrogens with one attached hydrogen (secondary N) is 2. The fraction of sp³-hybridized carbons (Fsp3) is 0.105. The van der Waals surface area contributed by atoms with E-state index in [0.717, 1.165) is 11.3 Å². The molecule has 0 aliphatic carbocycles. The summed E-state index contributed by atoms with van der Waals surface area (Å²) in [5, 5.41) is 7.46. The first kappa shape index (κ1) is 15.7. The maximum atomic E-state index is 4.43. The molecule has 5 nitrogen and oxygen atoms in total. The molecule has 0 fully saturated rings. The molecule has 1 aromatic heterocycles. The maximum Gasteiger partial charge on any atom is 0.225 e. The number of aryl methyl sites for hydroxylation is 1. The van der Waals surface area contributed by atoms with Gasteiger partial charge in [0.15, 0.2) is 5.82 Å². The Balaban J connectivity index is 1.64. The van der Waals surface area contributed by atoms with Crippen LogP contribution in [0.4, 0.5) is 11.8 Å². The van der Waals surface area contributed by atoms with Gasteiger partial charge in [0.05, 0.1) is 6.21 Å². The second-order valence-corrected chi connectivity index (χ2v) is 5.34. The number of rotatable bonds is 6. The molecule has 3 aromatic rings. The Hall–Kier alpha value is -3.21. The summed E-state index contributed by atoms with van der Waals surface area (Å²) >= 11 is 0. The molecule has 0 saturated carbocycles. The summed E-state index contributed by atoms with van der Waals surface area (Å²) < 4.78 is 0. The van der Waals surface area contributed by atoms with Crippen molar-refractivity contribution in [1.82, 2.24) is 9.97 Å². The van der Waals surface area contributed by atoms with Gasteiger partial charge in [-0.15, -0.1) is 0 Å². The van der Waals surface area contributed by atoms with Gasteiger partial charge in [-0.25, -0.2) is 4.98 Å². The molecule has 5 heteroatoms. The molecule has 24 heavy (non-hydrogen) atoms. The number of nitrogens with zero attached hydrogens (tertiary/aromatic N) is 3. The molecule has 0 amide bonds. The van der Waals surface area contributed by atoms with E-state index in [1.54, 1.807) is 6.21 Å². The van der Waals surface area contributed by atoms with E-state index in [1.165, 1.54) is 5.56 Å². The quantitative estimate of drug-likeness (QED) is 0.535. The molecule has 120 valence electrons. The van der Waals surface area contributed by atoms with Gasteiger partial charge < -0.3 is 5.32 Å². The van der Waals surface area contributed by atoms with Gasteiger partial charge >= 0.3 is 0 Å². The van der Waals surface area contributed by atoms with Crippen LogP contribution in [0.5, 0.6) is 0 Å². The molecule has 2 N–H and O–H groups in total. The Morgan fingerprint density at radius 1 is 0.958 bits per heavy atom. The monoisotopic (exact) mass is 317 g/mol. The molecular weight excluding hydrogens is 298 g/mol. The second kappa shape index (κ2) is 7.87. The summed E-state index contributed by atoms with van der Waals surface area (Å²) in [6, 6.07) is 21.9. The van der Waals surface area contributed by atoms with Crippen LogP contribution in [0.3, 0.4) is 0 Å². The summed E-state index contributed by atoms with van der Waals surface area (Å²) in [6.07, 6.45) is 1.76. The Morgan fingerprint density at radius 3 is 2.42 bits per heavy atom. The molecule has 0 bridgehead atoms. The predicted octanol–water partition coefficient (Wildman–Crippen LogP) is 3.84. The molecule has 0 saturated heterocycles. The lowest BCUT2D eigenvalue weighted by atomic mass is 10.2. The van der Waals surface area contributed by atoms with Crippen LogP contribution in [0.15, 0.2) is 71.8 Å². The van der Waals surface area contributed by atoms with Crippen molar-refractivity contribution in [2.45, 2.75) is 13.5 Å². The van der Waals surface area contributed by atoms with Gasteiger partial charge in [-0.3, -0.25) is 5.43 Å². The van der Waals surface area contributed by atoms with Crippen molar-refractivity contribution >= 4 is 18.0 Å². The van der Waals surface area contributed by atoms with Gasteiger partial charge in [-0.1, -0.05) is 60.7 Å². The van der Waals surface area contributed by atoms with E-state index in [2.05, 4.69) is 37.9 Å². The van der Waals surface area contributed by atoms with Crippen LogP contribution in [0, 0.1) is 6.92 Å². The zero-order valence-corrected chi connectivity index (χ0v) is 13.5.